The predicted molar refractivity (Wildman–Crippen MR) is 133 cm³/mol. The molecule has 3 aromatic carbocycles. The van der Waals surface area contributed by atoms with Crippen LogP contribution in [0.2, 0.25) is 0 Å². The number of amides is 1. The van der Waals surface area contributed by atoms with Crippen LogP contribution < -0.4 is 5.32 Å². The fourth-order valence-corrected chi connectivity index (χ4v) is 4.43. The zero-order valence-corrected chi connectivity index (χ0v) is 20.0. The maximum absolute atomic E-state index is 13.6. The standard InChI is InChI=1S/C27H25BrN2O/c1-15-11-18(4)25-22(12-15)23(19(5)26(30-25)20-9-7-6-8-10-20)27(31)29-21-13-16(2)24(28)17(3)14-21/h6-14H,1-5H3,(H,29,31). The first-order valence-corrected chi connectivity index (χ1v) is 11.1. The molecule has 1 N–H and O–H groups in total. The van der Waals surface area contributed by atoms with Crippen molar-refractivity contribution in [2.45, 2.75) is 34.6 Å². The number of halogens is 1. The van der Waals surface area contributed by atoms with Crippen molar-refractivity contribution in [3.63, 3.8) is 0 Å². The largest absolute Gasteiger partial charge is 0.322 e. The van der Waals surface area contributed by atoms with Gasteiger partial charge in [0.25, 0.3) is 5.91 Å². The summed E-state index contributed by atoms with van der Waals surface area (Å²) < 4.78 is 1.06. The second kappa shape index (κ2) is 8.27. The minimum atomic E-state index is -0.117. The summed E-state index contributed by atoms with van der Waals surface area (Å²) in [5.74, 6) is -0.117. The topological polar surface area (TPSA) is 42.0 Å². The molecule has 3 nitrogen and oxygen atoms in total. The third kappa shape index (κ3) is 4.00. The van der Waals surface area contributed by atoms with Gasteiger partial charge in [0.15, 0.2) is 0 Å². The van der Waals surface area contributed by atoms with Crippen LogP contribution >= 0.6 is 15.9 Å². The van der Waals surface area contributed by atoms with Crippen LogP contribution in [0.25, 0.3) is 22.2 Å². The van der Waals surface area contributed by atoms with Gasteiger partial charge in [-0.15, -0.1) is 0 Å². The molecule has 156 valence electrons. The van der Waals surface area contributed by atoms with Gasteiger partial charge in [0.1, 0.15) is 0 Å². The number of pyridine rings is 1. The van der Waals surface area contributed by atoms with E-state index in [0.717, 1.165) is 60.1 Å². The van der Waals surface area contributed by atoms with Crippen LogP contribution in [0.15, 0.2) is 59.1 Å². The lowest BCUT2D eigenvalue weighted by Crippen LogP contribution is -2.16. The number of carbonyl (C=O) groups is 1. The fourth-order valence-electron chi connectivity index (χ4n) is 4.20. The van der Waals surface area contributed by atoms with Crippen LogP contribution in [0, 0.1) is 34.6 Å². The van der Waals surface area contributed by atoms with Gasteiger partial charge in [0.05, 0.1) is 16.8 Å². The van der Waals surface area contributed by atoms with Crippen LogP contribution in [0.3, 0.4) is 0 Å². The highest BCUT2D eigenvalue weighted by Crippen LogP contribution is 2.33. The maximum Gasteiger partial charge on any atom is 0.256 e. The van der Waals surface area contributed by atoms with E-state index in [0.29, 0.717) is 5.56 Å². The molecule has 4 heteroatoms. The molecular weight excluding hydrogens is 448 g/mol. The molecule has 0 spiro atoms. The third-order valence-corrected chi connectivity index (χ3v) is 6.89. The number of aryl methyl sites for hydroxylation is 4. The van der Waals surface area contributed by atoms with Crippen molar-refractivity contribution >= 4 is 38.4 Å². The summed E-state index contributed by atoms with van der Waals surface area (Å²) in [6, 6.07) is 18.2. The first-order chi connectivity index (χ1) is 14.8. The Bertz CT molecular complexity index is 1300. The van der Waals surface area contributed by atoms with Gasteiger partial charge < -0.3 is 5.32 Å². The van der Waals surface area contributed by atoms with Crippen molar-refractivity contribution in [1.29, 1.82) is 0 Å². The summed E-state index contributed by atoms with van der Waals surface area (Å²) in [6.07, 6.45) is 0. The van der Waals surface area contributed by atoms with Crippen LogP contribution in [0.1, 0.15) is 38.2 Å². The lowest BCUT2D eigenvalue weighted by Gasteiger charge is -2.17. The van der Waals surface area contributed by atoms with Gasteiger partial charge in [-0.3, -0.25) is 4.79 Å². The van der Waals surface area contributed by atoms with Crippen molar-refractivity contribution in [2.75, 3.05) is 5.32 Å². The Labute approximate surface area is 191 Å². The molecule has 0 aliphatic carbocycles. The van der Waals surface area contributed by atoms with Crippen LogP contribution in [0.5, 0.6) is 0 Å². The molecule has 0 fully saturated rings. The molecule has 1 heterocycles. The molecule has 0 aliphatic rings. The lowest BCUT2D eigenvalue weighted by atomic mass is 9.94. The minimum Gasteiger partial charge on any atom is -0.322 e. The van der Waals surface area contributed by atoms with Gasteiger partial charge in [-0.05, 0) is 75.1 Å². The van der Waals surface area contributed by atoms with Crippen molar-refractivity contribution in [3.05, 3.63) is 92.5 Å². The molecule has 0 saturated heterocycles. The second-order valence-corrected chi connectivity index (χ2v) is 8.98. The van der Waals surface area contributed by atoms with E-state index in [1.807, 2.05) is 63.2 Å². The van der Waals surface area contributed by atoms with E-state index in [-0.39, 0.29) is 5.91 Å². The SMILES string of the molecule is Cc1cc(C)c2nc(-c3ccccc3)c(C)c(C(=O)Nc3cc(C)c(Br)c(C)c3)c2c1. The summed E-state index contributed by atoms with van der Waals surface area (Å²) in [7, 11) is 0. The van der Waals surface area contributed by atoms with Gasteiger partial charge >= 0.3 is 0 Å². The Hall–Kier alpha value is -2.98. The summed E-state index contributed by atoms with van der Waals surface area (Å²) in [6.45, 7) is 10.1. The third-order valence-electron chi connectivity index (χ3n) is 5.64. The van der Waals surface area contributed by atoms with Crippen molar-refractivity contribution in [2.24, 2.45) is 0 Å². The number of benzene rings is 3. The Balaban J connectivity index is 1.93. The van der Waals surface area contributed by atoms with Crippen LogP contribution in [-0.4, -0.2) is 10.9 Å². The number of aromatic nitrogens is 1. The zero-order valence-electron chi connectivity index (χ0n) is 18.4. The number of nitrogens with zero attached hydrogens (tertiary/aromatic N) is 1. The molecule has 0 aliphatic heterocycles. The number of hydrogen-bond donors (Lipinski definition) is 1. The Kier molecular flexibility index (Phi) is 5.67. The van der Waals surface area contributed by atoms with E-state index in [1.165, 1.54) is 0 Å². The van der Waals surface area contributed by atoms with E-state index in [4.69, 9.17) is 4.98 Å². The smallest absolute Gasteiger partial charge is 0.256 e. The zero-order chi connectivity index (χ0) is 22.3. The van der Waals surface area contributed by atoms with Gasteiger partial charge in [-0.2, -0.15) is 0 Å². The molecule has 4 rings (SSSR count). The van der Waals surface area contributed by atoms with Crippen LogP contribution in [-0.2, 0) is 0 Å². The number of carbonyl (C=O) groups excluding carboxylic acids is 1. The van der Waals surface area contributed by atoms with Gasteiger partial charge in [0, 0.05) is 21.1 Å². The normalized spacial score (nSPS) is 11.0. The summed E-state index contributed by atoms with van der Waals surface area (Å²) in [4.78, 5) is 18.6. The molecule has 0 unspecified atom stereocenters. The monoisotopic (exact) mass is 472 g/mol. The van der Waals surface area contributed by atoms with E-state index in [9.17, 15) is 4.79 Å². The average Bonchev–Trinajstić information content (AvgIpc) is 2.72. The summed E-state index contributed by atoms with van der Waals surface area (Å²) in [5, 5.41) is 4.02. The molecule has 31 heavy (non-hydrogen) atoms. The first-order valence-electron chi connectivity index (χ1n) is 10.3. The number of hydrogen-bond acceptors (Lipinski definition) is 2. The first kappa shape index (κ1) is 21.3. The quantitative estimate of drug-likeness (QED) is 0.336. The molecule has 1 aromatic heterocycles. The number of fused-ring (bicyclic) bond motifs is 1. The van der Waals surface area contributed by atoms with Crippen molar-refractivity contribution in [3.8, 4) is 11.3 Å². The Morgan fingerprint density at radius 3 is 2.16 bits per heavy atom. The molecule has 0 radical (unpaired) electrons. The van der Waals surface area contributed by atoms with E-state index in [2.05, 4.69) is 47.2 Å². The molecular formula is C27H25BrN2O. The van der Waals surface area contributed by atoms with Crippen LogP contribution in [0.4, 0.5) is 5.69 Å². The fraction of sp³-hybridized carbons (Fsp3) is 0.185. The highest BCUT2D eigenvalue weighted by atomic mass is 79.9. The minimum absolute atomic E-state index is 0.117. The molecule has 0 atom stereocenters. The molecule has 0 saturated carbocycles. The Morgan fingerprint density at radius 2 is 1.52 bits per heavy atom. The van der Waals surface area contributed by atoms with E-state index >= 15 is 0 Å². The number of anilines is 1. The molecule has 4 aromatic rings. The summed E-state index contributed by atoms with van der Waals surface area (Å²) >= 11 is 3.60. The lowest BCUT2D eigenvalue weighted by molar-refractivity contribution is 0.102. The van der Waals surface area contributed by atoms with Crippen molar-refractivity contribution in [1.82, 2.24) is 4.98 Å². The van der Waals surface area contributed by atoms with E-state index in [1.54, 1.807) is 0 Å². The summed E-state index contributed by atoms with van der Waals surface area (Å²) in [5.41, 5.74) is 9.41. The van der Waals surface area contributed by atoms with Gasteiger partial charge in [-0.1, -0.05) is 57.9 Å². The number of rotatable bonds is 3. The van der Waals surface area contributed by atoms with Gasteiger partial charge in [0.2, 0.25) is 0 Å². The predicted octanol–water partition coefficient (Wildman–Crippen LogP) is 7.46. The van der Waals surface area contributed by atoms with Gasteiger partial charge in [-0.25, -0.2) is 4.98 Å². The van der Waals surface area contributed by atoms with E-state index < -0.39 is 0 Å². The molecule has 0 bridgehead atoms. The average molecular weight is 473 g/mol. The maximum atomic E-state index is 13.6. The van der Waals surface area contributed by atoms with Crippen molar-refractivity contribution < 1.29 is 4.79 Å². The molecule has 1 amide bonds. The highest BCUT2D eigenvalue weighted by Gasteiger charge is 2.20. The second-order valence-electron chi connectivity index (χ2n) is 8.18. The number of nitrogens with one attached hydrogen (secondary N) is 1. The Morgan fingerprint density at radius 1 is 0.871 bits per heavy atom. The highest BCUT2D eigenvalue weighted by molar-refractivity contribution is 9.10.